The molecule has 3 N–H and O–H groups in total. The fraction of sp³-hybridized carbons (Fsp3) is 0.731. The number of carbonyl (C=O) groups excluding carboxylic acids is 4. The number of rotatable bonds is 4. The first-order chi connectivity index (χ1) is 18.5. The summed E-state index contributed by atoms with van der Waals surface area (Å²) in [6, 6.07) is -1.78. The highest BCUT2D eigenvalue weighted by molar-refractivity contribution is 5.96. The zero-order chi connectivity index (χ0) is 28.2. The molecule has 39 heavy (non-hydrogen) atoms. The molecular formula is C26H39N7O6. The van der Waals surface area contributed by atoms with E-state index in [4.69, 9.17) is 9.47 Å². The number of nitrogens with zero attached hydrogens (tertiary/aromatic N) is 4. The smallest absolute Gasteiger partial charge is 0.408 e. The van der Waals surface area contributed by atoms with Gasteiger partial charge in [0.25, 0.3) is 0 Å². The maximum atomic E-state index is 13.9. The molecule has 1 aromatic heterocycles. The first-order valence-electron chi connectivity index (χ1n) is 13.7. The fourth-order valence-corrected chi connectivity index (χ4v) is 5.33. The summed E-state index contributed by atoms with van der Waals surface area (Å²) in [6.45, 7) is 7.33. The van der Waals surface area contributed by atoms with Gasteiger partial charge in [0.1, 0.15) is 23.2 Å². The monoisotopic (exact) mass is 545 g/mol. The van der Waals surface area contributed by atoms with Crippen LogP contribution in [0.4, 0.5) is 4.79 Å². The lowest BCUT2D eigenvalue weighted by atomic mass is 10.0. The second-order valence-corrected chi connectivity index (χ2v) is 11.5. The third kappa shape index (κ3) is 6.74. The van der Waals surface area contributed by atoms with Crippen LogP contribution in [0, 0.1) is 5.92 Å². The molecule has 0 bridgehead atoms. The van der Waals surface area contributed by atoms with E-state index in [0.29, 0.717) is 25.1 Å². The van der Waals surface area contributed by atoms with Crippen molar-refractivity contribution in [1.29, 1.82) is 0 Å². The lowest BCUT2D eigenvalue weighted by molar-refractivity contribution is -0.150. The summed E-state index contributed by atoms with van der Waals surface area (Å²) in [5.41, 5.74) is -1.89. The average Bonchev–Trinajstić information content (AvgIpc) is 3.20. The van der Waals surface area contributed by atoms with E-state index in [0.717, 1.165) is 19.3 Å². The maximum absolute atomic E-state index is 13.9. The highest BCUT2D eigenvalue weighted by atomic mass is 16.6. The van der Waals surface area contributed by atoms with Crippen molar-refractivity contribution in [1.82, 2.24) is 36.2 Å². The second kappa shape index (κ2) is 11.7. The molecule has 2 fully saturated rings. The molecule has 214 valence electrons. The largest absolute Gasteiger partial charge is 0.464 e. The Morgan fingerprint density at radius 1 is 1.23 bits per heavy atom. The number of esters is 1. The van der Waals surface area contributed by atoms with Crippen molar-refractivity contribution in [3.05, 3.63) is 18.0 Å². The van der Waals surface area contributed by atoms with E-state index in [1.165, 1.54) is 4.90 Å². The average molecular weight is 546 g/mol. The van der Waals surface area contributed by atoms with E-state index in [9.17, 15) is 19.2 Å². The Bertz CT molecular complexity index is 1090. The van der Waals surface area contributed by atoms with Crippen LogP contribution in [0.3, 0.4) is 0 Å². The van der Waals surface area contributed by atoms with Crippen LogP contribution in [0.15, 0.2) is 12.2 Å². The third-order valence-corrected chi connectivity index (χ3v) is 7.34. The summed E-state index contributed by atoms with van der Waals surface area (Å²) in [7, 11) is 0. The van der Waals surface area contributed by atoms with Gasteiger partial charge in [-0.15, -0.1) is 10.2 Å². The number of aromatic nitrogens is 4. The van der Waals surface area contributed by atoms with Gasteiger partial charge in [0.15, 0.2) is 5.82 Å². The topological polar surface area (TPSA) is 168 Å². The SMILES string of the molecule is CCOC(=O)[C@@]12C[C@H]1/C=C\CCCCC[C@H](NC(=O)OC(C)(C)C)C(=O)N1C[C@H](c3nn[nH]n3)C[C@H]1C(=O)N2. The summed E-state index contributed by atoms with van der Waals surface area (Å²) >= 11 is 0. The van der Waals surface area contributed by atoms with Gasteiger partial charge >= 0.3 is 12.1 Å². The molecule has 13 nitrogen and oxygen atoms in total. The number of tetrazole rings is 1. The second-order valence-electron chi connectivity index (χ2n) is 11.5. The van der Waals surface area contributed by atoms with Crippen molar-refractivity contribution in [2.45, 2.75) is 102 Å². The van der Waals surface area contributed by atoms with Gasteiger partial charge in [0, 0.05) is 18.4 Å². The number of amides is 3. The molecule has 4 rings (SSSR count). The number of ether oxygens (including phenoxy) is 2. The van der Waals surface area contributed by atoms with Crippen LogP contribution in [0.2, 0.25) is 0 Å². The predicted octanol–water partition coefficient (Wildman–Crippen LogP) is 1.74. The Hall–Kier alpha value is -3.51. The zero-order valence-corrected chi connectivity index (χ0v) is 23.1. The van der Waals surface area contributed by atoms with Gasteiger partial charge < -0.3 is 25.0 Å². The fourth-order valence-electron chi connectivity index (χ4n) is 5.33. The molecule has 1 aliphatic carbocycles. The molecule has 13 heteroatoms. The Balaban J connectivity index is 1.63. The van der Waals surface area contributed by atoms with Crippen molar-refractivity contribution in [3.63, 3.8) is 0 Å². The lowest BCUT2D eigenvalue weighted by Gasteiger charge is -2.30. The van der Waals surface area contributed by atoms with Gasteiger partial charge in [-0.2, -0.15) is 5.21 Å². The van der Waals surface area contributed by atoms with Crippen molar-refractivity contribution < 1.29 is 28.7 Å². The van der Waals surface area contributed by atoms with Gasteiger partial charge in [0.05, 0.1) is 6.61 Å². The van der Waals surface area contributed by atoms with E-state index < -0.39 is 47.1 Å². The van der Waals surface area contributed by atoms with Crippen LogP contribution >= 0.6 is 0 Å². The highest BCUT2D eigenvalue weighted by Crippen LogP contribution is 2.46. The van der Waals surface area contributed by atoms with E-state index in [-0.39, 0.29) is 31.4 Å². The molecule has 5 atom stereocenters. The first-order valence-corrected chi connectivity index (χ1v) is 13.7. The molecular weight excluding hydrogens is 506 g/mol. The van der Waals surface area contributed by atoms with E-state index in [2.05, 4.69) is 31.3 Å². The van der Waals surface area contributed by atoms with Crippen molar-refractivity contribution in [2.24, 2.45) is 5.92 Å². The number of H-pyrrole nitrogens is 1. The van der Waals surface area contributed by atoms with E-state index in [1.807, 2.05) is 12.2 Å². The quantitative estimate of drug-likeness (QED) is 0.377. The number of allylic oxidation sites excluding steroid dienone is 1. The number of nitrogens with one attached hydrogen (secondary N) is 3. The Labute approximate surface area is 227 Å². The minimum atomic E-state index is -1.16. The van der Waals surface area contributed by atoms with Gasteiger partial charge in [-0.05, 0) is 59.8 Å². The van der Waals surface area contributed by atoms with Crippen molar-refractivity contribution >= 4 is 23.9 Å². The van der Waals surface area contributed by atoms with Crippen LogP contribution in [0.1, 0.15) is 84.4 Å². The number of carbonyl (C=O) groups is 4. The Morgan fingerprint density at radius 3 is 2.72 bits per heavy atom. The third-order valence-electron chi connectivity index (χ3n) is 7.34. The first kappa shape index (κ1) is 28.5. The highest BCUT2D eigenvalue weighted by Gasteiger charge is 2.62. The lowest BCUT2D eigenvalue weighted by Crippen LogP contribution is -2.56. The summed E-state index contributed by atoms with van der Waals surface area (Å²) in [5.74, 6) is -1.46. The molecule has 0 aromatic carbocycles. The number of alkyl carbamates (subject to hydrolysis) is 1. The van der Waals surface area contributed by atoms with Crippen molar-refractivity contribution in [2.75, 3.05) is 13.2 Å². The summed E-state index contributed by atoms with van der Waals surface area (Å²) < 4.78 is 10.7. The Morgan fingerprint density at radius 2 is 2.03 bits per heavy atom. The van der Waals surface area contributed by atoms with Gasteiger partial charge in [-0.1, -0.05) is 30.2 Å². The van der Waals surface area contributed by atoms with Gasteiger partial charge in [0.2, 0.25) is 11.8 Å². The number of hydrogen-bond acceptors (Lipinski definition) is 9. The normalized spacial score (nSPS) is 30.6. The Kier molecular flexibility index (Phi) is 8.55. The molecule has 0 unspecified atom stereocenters. The minimum absolute atomic E-state index is 0.165. The van der Waals surface area contributed by atoms with Crippen LogP contribution in [-0.4, -0.2) is 85.8 Å². The van der Waals surface area contributed by atoms with E-state index in [1.54, 1.807) is 27.7 Å². The number of fused-ring (bicyclic) bond motifs is 2. The van der Waals surface area contributed by atoms with Crippen LogP contribution in [0.25, 0.3) is 0 Å². The van der Waals surface area contributed by atoms with Crippen LogP contribution in [0.5, 0.6) is 0 Å². The van der Waals surface area contributed by atoms with Crippen molar-refractivity contribution in [3.8, 4) is 0 Å². The molecule has 1 aromatic rings. The molecule has 2 aliphatic heterocycles. The molecule has 3 amide bonds. The molecule has 0 radical (unpaired) electrons. The maximum Gasteiger partial charge on any atom is 0.408 e. The van der Waals surface area contributed by atoms with Gasteiger partial charge in [-0.3, -0.25) is 9.59 Å². The summed E-state index contributed by atoms with van der Waals surface area (Å²) in [5, 5.41) is 19.8. The standard InChI is InChI=1S/C26H39N7O6/c1-5-38-23(36)26-14-17(26)11-9-7-6-8-10-12-18(27-24(37)39-25(2,3)4)22(35)33-15-16(20-29-31-32-30-20)13-19(33)21(34)28-26/h9,11,16-19H,5-8,10,12-15H2,1-4H3,(H,27,37)(H,28,34)(H,29,30,31,32)/b11-9-/t16-,17-,18+,19+,26-/m1/s1. The van der Waals surface area contributed by atoms with Crippen LogP contribution < -0.4 is 10.6 Å². The predicted molar refractivity (Wildman–Crippen MR) is 138 cm³/mol. The number of aromatic amines is 1. The minimum Gasteiger partial charge on any atom is -0.464 e. The zero-order valence-electron chi connectivity index (χ0n) is 23.1. The summed E-state index contributed by atoms with van der Waals surface area (Å²) in [4.78, 5) is 54.8. The molecule has 0 spiro atoms. The molecule has 3 aliphatic rings. The molecule has 1 saturated heterocycles. The summed E-state index contributed by atoms with van der Waals surface area (Å²) in [6.07, 6.45) is 7.65. The molecule has 1 saturated carbocycles. The molecule has 3 heterocycles. The van der Waals surface area contributed by atoms with Crippen LogP contribution in [-0.2, 0) is 23.9 Å². The van der Waals surface area contributed by atoms with E-state index >= 15 is 0 Å². The van der Waals surface area contributed by atoms with Gasteiger partial charge in [-0.25, -0.2) is 9.59 Å². The number of hydrogen-bond donors (Lipinski definition) is 3.